The zero-order chi connectivity index (χ0) is 23.7. The number of ketones is 1. The van der Waals surface area contributed by atoms with Crippen molar-refractivity contribution in [2.45, 2.75) is 58.5 Å². The third-order valence-corrected chi connectivity index (χ3v) is 6.40. The fourth-order valence-corrected chi connectivity index (χ4v) is 4.75. The summed E-state index contributed by atoms with van der Waals surface area (Å²) in [6, 6.07) is 10.2. The van der Waals surface area contributed by atoms with Crippen molar-refractivity contribution in [3.8, 4) is 5.75 Å². The van der Waals surface area contributed by atoms with E-state index in [2.05, 4.69) is 13.8 Å². The molecule has 2 aromatic rings. The van der Waals surface area contributed by atoms with Gasteiger partial charge >= 0.3 is 0 Å². The van der Waals surface area contributed by atoms with E-state index >= 15 is 0 Å². The van der Waals surface area contributed by atoms with Crippen LogP contribution in [0.4, 0.5) is 4.39 Å². The van der Waals surface area contributed by atoms with Gasteiger partial charge in [0, 0.05) is 11.6 Å². The van der Waals surface area contributed by atoms with Crippen LogP contribution in [0.25, 0.3) is 5.76 Å². The van der Waals surface area contributed by atoms with Crippen LogP contribution in [0, 0.1) is 18.7 Å². The van der Waals surface area contributed by atoms with Crippen molar-refractivity contribution in [1.82, 2.24) is 4.90 Å². The Bertz CT molecular complexity index is 1080. The van der Waals surface area contributed by atoms with Crippen molar-refractivity contribution < 1.29 is 23.8 Å². The van der Waals surface area contributed by atoms with Gasteiger partial charge in [0.2, 0.25) is 0 Å². The molecule has 1 heterocycles. The largest absolute Gasteiger partial charge is 0.507 e. The van der Waals surface area contributed by atoms with Gasteiger partial charge < -0.3 is 14.7 Å². The number of likely N-dealkylation sites (tertiary alicyclic amines) is 1. The molecular formula is C27H30FNO4. The van der Waals surface area contributed by atoms with Gasteiger partial charge in [-0.15, -0.1) is 0 Å². The van der Waals surface area contributed by atoms with Gasteiger partial charge in [-0.05, 0) is 67.1 Å². The molecule has 6 heteroatoms. The van der Waals surface area contributed by atoms with Crippen LogP contribution in [0.15, 0.2) is 48.0 Å². The maximum atomic E-state index is 13.6. The minimum Gasteiger partial charge on any atom is -0.507 e. The first kappa shape index (κ1) is 23.0. The molecule has 1 amide bonds. The molecule has 5 nitrogen and oxygen atoms in total. The third-order valence-electron chi connectivity index (χ3n) is 6.40. The molecule has 174 valence electrons. The van der Waals surface area contributed by atoms with Crippen LogP contribution in [0.2, 0.25) is 0 Å². The molecule has 0 radical (unpaired) electrons. The lowest BCUT2D eigenvalue weighted by atomic mass is 9.94. The molecule has 1 saturated heterocycles. The van der Waals surface area contributed by atoms with E-state index in [0.29, 0.717) is 29.4 Å². The van der Waals surface area contributed by atoms with E-state index in [0.717, 1.165) is 31.2 Å². The number of hydrogen-bond acceptors (Lipinski definition) is 4. The van der Waals surface area contributed by atoms with Crippen molar-refractivity contribution in [2.24, 2.45) is 5.92 Å². The normalized spacial score (nSPS) is 20.8. The number of nitrogens with zero attached hydrogens (tertiary/aromatic N) is 1. The van der Waals surface area contributed by atoms with Gasteiger partial charge in [-0.25, -0.2) is 4.39 Å². The van der Waals surface area contributed by atoms with Gasteiger partial charge in [0.1, 0.15) is 17.3 Å². The Morgan fingerprint density at radius 3 is 2.39 bits per heavy atom. The topological polar surface area (TPSA) is 66.8 Å². The van der Waals surface area contributed by atoms with Crippen molar-refractivity contribution >= 4 is 17.4 Å². The highest BCUT2D eigenvalue weighted by molar-refractivity contribution is 6.46. The van der Waals surface area contributed by atoms with Crippen molar-refractivity contribution in [2.75, 3.05) is 6.61 Å². The molecule has 1 unspecified atom stereocenters. The minimum atomic E-state index is -0.745. The second kappa shape index (κ2) is 9.38. The molecule has 0 aromatic heterocycles. The van der Waals surface area contributed by atoms with Crippen molar-refractivity contribution in [3.63, 3.8) is 0 Å². The average Bonchev–Trinajstić information content (AvgIpc) is 3.40. The van der Waals surface area contributed by atoms with E-state index in [4.69, 9.17) is 4.74 Å². The van der Waals surface area contributed by atoms with Crippen LogP contribution in [0.3, 0.4) is 0 Å². The first-order valence-corrected chi connectivity index (χ1v) is 11.6. The molecule has 0 spiro atoms. The highest BCUT2D eigenvalue weighted by Crippen LogP contribution is 2.43. The number of rotatable bonds is 6. The Kier molecular flexibility index (Phi) is 6.54. The fourth-order valence-electron chi connectivity index (χ4n) is 4.75. The molecule has 33 heavy (non-hydrogen) atoms. The number of benzene rings is 2. The Balaban J connectivity index is 1.78. The minimum absolute atomic E-state index is 0.0498. The molecule has 0 bridgehead atoms. The van der Waals surface area contributed by atoms with Crippen LogP contribution >= 0.6 is 0 Å². The molecule has 4 rings (SSSR count). The highest BCUT2D eigenvalue weighted by atomic mass is 19.1. The number of ether oxygens (including phenoxy) is 1. The first-order chi connectivity index (χ1) is 15.8. The Morgan fingerprint density at radius 2 is 1.79 bits per heavy atom. The van der Waals surface area contributed by atoms with E-state index in [1.165, 1.54) is 12.1 Å². The average molecular weight is 452 g/mol. The molecule has 1 saturated carbocycles. The summed E-state index contributed by atoms with van der Waals surface area (Å²) in [7, 11) is 0. The van der Waals surface area contributed by atoms with Crippen LogP contribution < -0.4 is 4.74 Å². The molecule has 2 aliphatic rings. The quantitative estimate of drug-likeness (QED) is 0.356. The summed E-state index contributed by atoms with van der Waals surface area (Å²) in [4.78, 5) is 27.9. The summed E-state index contributed by atoms with van der Waals surface area (Å²) in [6.45, 7) is 6.58. The summed E-state index contributed by atoms with van der Waals surface area (Å²) in [5.74, 6) is -0.842. The maximum absolute atomic E-state index is 13.6. The Morgan fingerprint density at radius 1 is 1.12 bits per heavy atom. The van der Waals surface area contributed by atoms with Gasteiger partial charge in [-0.3, -0.25) is 9.59 Å². The number of Topliss-reactive ketones (excluding diaryl/α,β-unsaturated/α-hetero) is 1. The lowest BCUT2D eigenvalue weighted by Gasteiger charge is -2.30. The Hall–Kier alpha value is -3.15. The van der Waals surface area contributed by atoms with Crippen LogP contribution in [-0.4, -0.2) is 34.3 Å². The van der Waals surface area contributed by atoms with Crippen LogP contribution in [0.1, 0.15) is 62.3 Å². The number of aliphatic hydroxyl groups is 1. The predicted octanol–water partition coefficient (Wildman–Crippen LogP) is 5.53. The van der Waals surface area contributed by atoms with Gasteiger partial charge in [0.15, 0.2) is 0 Å². The molecule has 2 aromatic carbocycles. The number of aryl methyl sites for hydroxylation is 1. The molecule has 1 aliphatic heterocycles. The fraction of sp³-hybridized carbons (Fsp3) is 0.407. The van der Waals surface area contributed by atoms with E-state index in [9.17, 15) is 19.1 Å². The number of amides is 1. The standard InChI is InChI=1S/C27H30FNO4/c1-16(2)15-33-22-13-10-19(14-17(22)3)25(30)23-24(18-8-11-20(28)12-9-18)29(27(32)26(23)31)21-6-4-5-7-21/h8-14,16,21,24,30H,4-7,15H2,1-3H3/b25-23-. The SMILES string of the molecule is Cc1cc(/C(O)=C2/C(=O)C(=O)N(C3CCCC3)C2c2ccc(F)cc2)ccc1OCC(C)C. The van der Waals surface area contributed by atoms with Crippen molar-refractivity contribution in [1.29, 1.82) is 0 Å². The maximum Gasteiger partial charge on any atom is 0.295 e. The summed E-state index contributed by atoms with van der Waals surface area (Å²) in [6.07, 6.45) is 3.60. The van der Waals surface area contributed by atoms with Gasteiger partial charge in [0.05, 0.1) is 18.2 Å². The first-order valence-electron chi connectivity index (χ1n) is 11.6. The van der Waals surface area contributed by atoms with Crippen LogP contribution in [-0.2, 0) is 9.59 Å². The van der Waals surface area contributed by atoms with Crippen molar-refractivity contribution in [3.05, 3.63) is 70.5 Å². The number of carbonyl (C=O) groups is 2. The smallest absolute Gasteiger partial charge is 0.295 e. The zero-order valence-corrected chi connectivity index (χ0v) is 19.3. The van der Waals surface area contributed by atoms with Crippen LogP contribution in [0.5, 0.6) is 5.75 Å². The highest BCUT2D eigenvalue weighted by Gasteiger charge is 2.49. The van der Waals surface area contributed by atoms with Gasteiger partial charge in [-0.1, -0.05) is 38.8 Å². The molecule has 2 fully saturated rings. The summed E-state index contributed by atoms with van der Waals surface area (Å²) >= 11 is 0. The second-order valence-corrected chi connectivity index (χ2v) is 9.38. The van der Waals surface area contributed by atoms with E-state index in [1.807, 2.05) is 6.92 Å². The molecule has 1 aliphatic carbocycles. The summed E-state index contributed by atoms with van der Waals surface area (Å²) < 4.78 is 19.4. The Labute approximate surface area is 193 Å². The monoisotopic (exact) mass is 451 g/mol. The molecule has 1 N–H and O–H groups in total. The van der Waals surface area contributed by atoms with E-state index < -0.39 is 23.5 Å². The van der Waals surface area contributed by atoms with Gasteiger partial charge in [-0.2, -0.15) is 0 Å². The third kappa shape index (κ3) is 4.52. The number of aliphatic hydroxyl groups excluding tert-OH is 1. The number of hydrogen-bond donors (Lipinski definition) is 1. The second-order valence-electron chi connectivity index (χ2n) is 9.38. The number of halogens is 1. The molecular weight excluding hydrogens is 421 g/mol. The summed E-state index contributed by atoms with van der Waals surface area (Å²) in [5, 5.41) is 11.3. The summed E-state index contributed by atoms with van der Waals surface area (Å²) in [5.41, 5.74) is 1.93. The van der Waals surface area contributed by atoms with E-state index in [1.54, 1.807) is 35.2 Å². The molecule has 1 atom stereocenters. The lowest BCUT2D eigenvalue weighted by Crippen LogP contribution is -2.37. The van der Waals surface area contributed by atoms with Gasteiger partial charge in [0.25, 0.3) is 11.7 Å². The van der Waals surface area contributed by atoms with E-state index in [-0.39, 0.29) is 17.4 Å². The lowest BCUT2D eigenvalue weighted by molar-refractivity contribution is -0.141. The predicted molar refractivity (Wildman–Crippen MR) is 124 cm³/mol. The number of carbonyl (C=O) groups excluding carboxylic acids is 2. The zero-order valence-electron chi connectivity index (χ0n) is 19.3.